The molecule has 1 aromatic heterocycles. The topological polar surface area (TPSA) is 98.1 Å². The molecule has 2 fully saturated rings. The van der Waals surface area contributed by atoms with E-state index in [0.29, 0.717) is 50.8 Å². The number of aromatic nitrogens is 2. The van der Waals surface area contributed by atoms with E-state index in [9.17, 15) is 23.2 Å². The Bertz CT molecular complexity index is 1350. The van der Waals surface area contributed by atoms with E-state index in [2.05, 4.69) is 29.3 Å². The maximum absolute atomic E-state index is 14.8. The molecule has 10 nitrogen and oxygen atoms in total. The van der Waals surface area contributed by atoms with Crippen molar-refractivity contribution in [1.29, 1.82) is 5.26 Å². The second kappa shape index (κ2) is 13.0. The molecule has 5 rings (SSSR count). The van der Waals surface area contributed by atoms with E-state index < -0.39 is 12.4 Å². The number of carbonyl (C=O) groups excluding carboxylic acids is 1. The van der Waals surface area contributed by atoms with Crippen molar-refractivity contribution in [3.05, 3.63) is 53.5 Å². The molecular formula is C29H34F3N7O3. The number of rotatable bonds is 10. The average Bonchev–Trinajstić information content (AvgIpc) is 3.57. The van der Waals surface area contributed by atoms with Crippen molar-refractivity contribution < 1.29 is 27.4 Å². The van der Waals surface area contributed by atoms with Crippen LogP contribution in [0.2, 0.25) is 0 Å². The number of fused-ring (bicyclic) bond motifs is 1. The summed E-state index contributed by atoms with van der Waals surface area (Å²) in [5, 5.41) is 9.44. The van der Waals surface area contributed by atoms with Gasteiger partial charge in [0.05, 0.1) is 24.2 Å². The van der Waals surface area contributed by atoms with Gasteiger partial charge in [0.1, 0.15) is 24.0 Å². The highest BCUT2D eigenvalue weighted by molar-refractivity contribution is 5.87. The van der Waals surface area contributed by atoms with Gasteiger partial charge >= 0.3 is 12.6 Å². The zero-order valence-electron chi connectivity index (χ0n) is 23.5. The Hall–Kier alpha value is -3.89. The summed E-state index contributed by atoms with van der Waals surface area (Å²) in [4.78, 5) is 29.8. The van der Waals surface area contributed by atoms with Gasteiger partial charge in [-0.25, -0.2) is 4.39 Å². The fourth-order valence-electron chi connectivity index (χ4n) is 5.94. The van der Waals surface area contributed by atoms with Crippen LogP contribution < -0.4 is 14.4 Å². The predicted octanol–water partition coefficient (Wildman–Crippen LogP) is 3.32. The summed E-state index contributed by atoms with van der Waals surface area (Å²) in [6, 6.07) is 6.16. The smallest absolute Gasteiger partial charge is 0.387 e. The predicted molar refractivity (Wildman–Crippen MR) is 147 cm³/mol. The molecule has 0 radical (unpaired) electrons. The van der Waals surface area contributed by atoms with Crippen LogP contribution >= 0.6 is 0 Å². The molecule has 3 aliphatic heterocycles. The molecule has 2 atom stereocenters. The Balaban J connectivity index is 1.42. The van der Waals surface area contributed by atoms with E-state index in [4.69, 9.17) is 14.7 Å². The van der Waals surface area contributed by atoms with Gasteiger partial charge in [0.15, 0.2) is 0 Å². The number of anilines is 1. The first-order valence-corrected chi connectivity index (χ1v) is 14.0. The third-order valence-electron chi connectivity index (χ3n) is 8.12. The minimum Gasteiger partial charge on any atom is -0.462 e. The lowest BCUT2D eigenvalue weighted by Gasteiger charge is -2.41. The van der Waals surface area contributed by atoms with Crippen LogP contribution in [0.3, 0.4) is 0 Å². The molecule has 0 bridgehead atoms. The largest absolute Gasteiger partial charge is 0.462 e. The minimum atomic E-state index is -3.08. The van der Waals surface area contributed by atoms with Crippen molar-refractivity contribution in [2.24, 2.45) is 0 Å². The molecular weight excluding hydrogens is 551 g/mol. The van der Waals surface area contributed by atoms with Gasteiger partial charge in [0.2, 0.25) is 5.91 Å². The van der Waals surface area contributed by atoms with Gasteiger partial charge in [-0.05, 0) is 44.6 Å². The number of alkyl halides is 2. The zero-order valence-corrected chi connectivity index (χ0v) is 23.5. The van der Waals surface area contributed by atoms with Crippen LogP contribution in [-0.2, 0) is 24.4 Å². The normalized spacial score (nSPS) is 21.0. The number of hydrogen-bond donors (Lipinski definition) is 0. The Morgan fingerprint density at radius 2 is 2.07 bits per heavy atom. The molecule has 0 unspecified atom stereocenters. The highest BCUT2D eigenvalue weighted by Gasteiger charge is 2.35. The Morgan fingerprint density at radius 1 is 1.24 bits per heavy atom. The van der Waals surface area contributed by atoms with Gasteiger partial charge in [-0.3, -0.25) is 9.69 Å². The standard InChI is InChI=1S/C29H34F3N7O3/c1-3-26(40)39-13-12-38(14-19(39)9-10-33)27-22-16-37(15-21-23(30)7-4-8-25(21)42-28(31)32)17-24(22)34-29(35-27)41-18-20-6-5-11-36(20)2/h3-4,7-8,19-20,28H,1,5-6,9,11-18H2,2H3/t19-,20-/m0/s1. The van der Waals surface area contributed by atoms with Crippen LogP contribution in [0, 0.1) is 17.1 Å². The molecule has 1 aromatic carbocycles. The number of nitriles is 1. The lowest BCUT2D eigenvalue weighted by Crippen LogP contribution is -2.55. The number of halogens is 3. The van der Waals surface area contributed by atoms with Gasteiger partial charge in [-0.1, -0.05) is 12.6 Å². The van der Waals surface area contributed by atoms with Gasteiger partial charge in [0.25, 0.3) is 0 Å². The minimum absolute atomic E-state index is 0.0201. The van der Waals surface area contributed by atoms with Gasteiger partial charge in [-0.15, -0.1) is 0 Å². The number of nitrogens with zero attached hydrogens (tertiary/aromatic N) is 7. The summed E-state index contributed by atoms with van der Waals surface area (Å²) in [7, 11) is 2.06. The SMILES string of the molecule is C=CC(=O)N1CCN(c2nc(OC[C@@H]3CCCN3C)nc3c2CN(Cc2c(F)cccc2OC(F)F)C3)C[C@@H]1CC#N. The number of carbonyl (C=O) groups is 1. The molecule has 42 heavy (non-hydrogen) atoms. The van der Waals surface area contributed by atoms with Gasteiger partial charge in [0, 0.05) is 56.4 Å². The summed E-state index contributed by atoms with van der Waals surface area (Å²) in [6.07, 6.45) is 3.51. The number of ether oxygens (including phenoxy) is 2. The number of amides is 1. The Morgan fingerprint density at radius 3 is 2.79 bits per heavy atom. The van der Waals surface area contributed by atoms with Crippen LogP contribution in [-0.4, -0.2) is 89.1 Å². The molecule has 0 N–H and O–H groups in total. The molecule has 0 spiro atoms. The first-order chi connectivity index (χ1) is 20.3. The monoisotopic (exact) mass is 585 g/mol. The molecule has 0 aliphatic carbocycles. The third kappa shape index (κ3) is 6.44. The third-order valence-corrected chi connectivity index (χ3v) is 8.12. The summed E-state index contributed by atoms with van der Waals surface area (Å²) < 4.78 is 51.5. The number of likely N-dealkylation sites (tertiary alicyclic amines) is 1. The van der Waals surface area contributed by atoms with Crippen molar-refractivity contribution in [3.63, 3.8) is 0 Å². The maximum Gasteiger partial charge on any atom is 0.387 e. The summed E-state index contributed by atoms with van der Waals surface area (Å²) >= 11 is 0. The number of likely N-dealkylation sites (N-methyl/N-ethyl adjacent to an activating group) is 1. The first kappa shape index (κ1) is 29.6. The lowest BCUT2D eigenvalue weighted by molar-refractivity contribution is -0.128. The molecule has 224 valence electrons. The van der Waals surface area contributed by atoms with E-state index >= 15 is 0 Å². The van der Waals surface area contributed by atoms with Crippen molar-refractivity contribution in [1.82, 2.24) is 24.7 Å². The van der Waals surface area contributed by atoms with E-state index in [1.54, 1.807) is 4.90 Å². The van der Waals surface area contributed by atoms with Crippen molar-refractivity contribution in [2.45, 2.75) is 57.6 Å². The van der Waals surface area contributed by atoms with Gasteiger partial charge < -0.3 is 24.2 Å². The van der Waals surface area contributed by atoms with Crippen molar-refractivity contribution in [3.8, 4) is 17.8 Å². The van der Waals surface area contributed by atoms with Crippen molar-refractivity contribution in [2.75, 3.05) is 44.7 Å². The highest BCUT2D eigenvalue weighted by atomic mass is 19.3. The fraction of sp³-hybridized carbons (Fsp3) is 0.517. The molecule has 13 heteroatoms. The maximum atomic E-state index is 14.8. The quantitative estimate of drug-likeness (QED) is 0.389. The van der Waals surface area contributed by atoms with Crippen LogP contribution in [0.5, 0.6) is 11.8 Å². The molecule has 2 aromatic rings. The molecule has 1 amide bonds. The molecule has 2 saturated heterocycles. The summed E-state index contributed by atoms with van der Waals surface area (Å²) in [5.41, 5.74) is 1.54. The Kier molecular flexibility index (Phi) is 9.13. The van der Waals surface area contributed by atoms with Crippen LogP contribution in [0.15, 0.2) is 30.9 Å². The second-order valence-electron chi connectivity index (χ2n) is 10.8. The molecule has 0 saturated carbocycles. The van der Waals surface area contributed by atoms with Crippen LogP contribution in [0.4, 0.5) is 19.0 Å². The van der Waals surface area contributed by atoms with Crippen LogP contribution in [0.25, 0.3) is 0 Å². The van der Waals surface area contributed by atoms with E-state index in [-0.39, 0.29) is 48.3 Å². The first-order valence-electron chi connectivity index (χ1n) is 14.0. The number of benzene rings is 1. The van der Waals surface area contributed by atoms with E-state index in [0.717, 1.165) is 24.9 Å². The van der Waals surface area contributed by atoms with Crippen molar-refractivity contribution >= 4 is 11.7 Å². The summed E-state index contributed by atoms with van der Waals surface area (Å²) in [6.45, 7) is 3.85. The van der Waals surface area contributed by atoms with Crippen LogP contribution in [0.1, 0.15) is 36.1 Å². The van der Waals surface area contributed by atoms with E-state index in [1.165, 1.54) is 24.3 Å². The average molecular weight is 586 g/mol. The highest BCUT2D eigenvalue weighted by Crippen LogP contribution is 2.35. The number of hydrogen-bond acceptors (Lipinski definition) is 9. The van der Waals surface area contributed by atoms with Gasteiger partial charge in [-0.2, -0.15) is 24.0 Å². The molecule has 3 aliphatic rings. The molecule has 4 heterocycles. The Labute approximate surface area is 242 Å². The zero-order chi connectivity index (χ0) is 29.8. The summed E-state index contributed by atoms with van der Waals surface area (Å²) in [5.74, 6) is -0.448. The van der Waals surface area contributed by atoms with E-state index in [1.807, 2.05) is 9.80 Å². The lowest BCUT2D eigenvalue weighted by atomic mass is 10.1. The fourth-order valence-corrected chi connectivity index (χ4v) is 5.94. The number of piperazine rings is 1. The second-order valence-corrected chi connectivity index (χ2v) is 10.8.